The minimum atomic E-state index is -0.447. The number of aryl methyl sites for hydroxylation is 1. The van der Waals surface area contributed by atoms with E-state index in [4.69, 9.17) is 10.6 Å². The lowest BCUT2D eigenvalue weighted by Crippen LogP contribution is -2.36. The van der Waals surface area contributed by atoms with Crippen molar-refractivity contribution >= 4 is 17.4 Å². The van der Waals surface area contributed by atoms with Gasteiger partial charge in [0.2, 0.25) is 5.91 Å². The van der Waals surface area contributed by atoms with Crippen LogP contribution in [0, 0.1) is 6.92 Å². The number of hydrogen-bond acceptors (Lipinski definition) is 3. The average Bonchev–Trinajstić information content (AvgIpc) is 2.64. The van der Waals surface area contributed by atoms with Crippen molar-refractivity contribution in [2.24, 2.45) is 10.9 Å². The predicted molar refractivity (Wildman–Crippen MR) is 104 cm³/mol. The summed E-state index contributed by atoms with van der Waals surface area (Å²) in [5.41, 5.74) is 9.72. The number of rotatable bonds is 5. The number of nitrogens with zero attached hydrogens (tertiary/aromatic N) is 2. The molecule has 1 heterocycles. The van der Waals surface area contributed by atoms with Crippen LogP contribution in [0.5, 0.6) is 0 Å². The Morgan fingerprint density at radius 2 is 1.92 bits per heavy atom. The van der Waals surface area contributed by atoms with Gasteiger partial charge in [-0.25, -0.2) is 0 Å². The highest BCUT2D eigenvalue weighted by Gasteiger charge is 2.24. The van der Waals surface area contributed by atoms with Gasteiger partial charge in [0.1, 0.15) is 12.9 Å². The Hall–Kier alpha value is -2.82. The normalized spacial score (nSPS) is 17.2. The number of carbonyl (C=O) groups is 1. The summed E-state index contributed by atoms with van der Waals surface area (Å²) in [6.07, 6.45) is 3.15. The van der Waals surface area contributed by atoms with Crippen molar-refractivity contribution in [3.05, 3.63) is 65.2 Å². The molecule has 1 saturated heterocycles. The van der Waals surface area contributed by atoms with Gasteiger partial charge in [0, 0.05) is 18.7 Å². The summed E-state index contributed by atoms with van der Waals surface area (Å²) in [7, 11) is 1.58. The fourth-order valence-corrected chi connectivity index (χ4v) is 3.60. The number of amidine groups is 1. The highest BCUT2D eigenvalue weighted by Crippen LogP contribution is 2.31. The maximum Gasteiger partial charge on any atom is 0.229 e. The molecular weight excluding hydrogens is 326 g/mol. The topological polar surface area (TPSA) is 67.9 Å². The summed E-state index contributed by atoms with van der Waals surface area (Å²) in [5.74, 6) is 0.157. The molecular formula is C21H25N3O2. The maximum atomic E-state index is 12.1. The predicted octanol–water partition coefficient (Wildman–Crippen LogP) is 3.56. The summed E-state index contributed by atoms with van der Waals surface area (Å²) < 4.78 is 0. The molecule has 2 aromatic rings. The zero-order valence-corrected chi connectivity index (χ0v) is 15.3. The number of primary amides is 1. The van der Waals surface area contributed by atoms with Crippen molar-refractivity contribution in [3.63, 3.8) is 0 Å². The van der Waals surface area contributed by atoms with Crippen LogP contribution in [0.1, 0.15) is 41.9 Å². The molecule has 1 fully saturated rings. The minimum absolute atomic E-state index is 0.344. The van der Waals surface area contributed by atoms with Gasteiger partial charge >= 0.3 is 0 Å². The largest absolute Gasteiger partial charge is 0.398 e. The lowest BCUT2D eigenvalue weighted by atomic mass is 9.89. The summed E-state index contributed by atoms with van der Waals surface area (Å²) in [6, 6.07) is 15.8. The van der Waals surface area contributed by atoms with Crippen molar-refractivity contribution in [1.82, 2.24) is 0 Å². The molecule has 5 nitrogen and oxygen atoms in total. The first kappa shape index (κ1) is 18.0. The van der Waals surface area contributed by atoms with Gasteiger partial charge in [-0.3, -0.25) is 4.79 Å². The van der Waals surface area contributed by atoms with Gasteiger partial charge in [-0.15, -0.1) is 0 Å². The van der Waals surface area contributed by atoms with Gasteiger partial charge in [-0.05, 0) is 42.5 Å². The zero-order valence-electron chi connectivity index (χ0n) is 15.3. The quantitative estimate of drug-likeness (QED) is 0.838. The standard InChI is InChI=1S/C21H25N3O2/c1-15-14-17(20(21(22)25)16-8-4-3-5-9-16)11-12-18(15)24-13-7-6-10-19(24)23-26-2/h3-5,8-9,11-12,14,20H,6-7,10,13H2,1-2H3,(H2,22,25)/b23-19-. The summed E-state index contributed by atoms with van der Waals surface area (Å²) in [6.45, 7) is 2.97. The molecule has 0 radical (unpaired) electrons. The number of nitrogens with two attached hydrogens (primary N) is 1. The van der Waals surface area contributed by atoms with Crippen LogP contribution in [0.2, 0.25) is 0 Å². The van der Waals surface area contributed by atoms with Gasteiger partial charge in [0.15, 0.2) is 0 Å². The van der Waals surface area contributed by atoms with E-state index >= 15 is 0 Å². The summed E-state index contributed by atoms with van der Waals surface area (Å²) in [5, 5.41) is 4.18. The molecule has 1 atom stereocenters. The molecule has 1 aliphatic heterocycles. The first-order valence-corrected chi connectivity index (χ1v) is 8.94. The molecule has 0 aromatic heterocycles. The van der Waals surface area contributed by atoms with E-state index in [1.54, 1.807) is 7.11 Å². The third kappa shape index (κ3) is 3.72. The molecule has 26 heavy (non-hydrogen) atoms. The molecule has 1 unspecified atom stereocenters. The lowest BCUT2D eigenvalue weighted by molar-refractivity contribution is -0.118. The number of amides is 1. The molecule has 2 N–H and O–H groups in total. The van der Waals surface area contributed by atoms with E-state index < -0.39 is 5.92 Å². The van der Waals surface area contributed by atoms with E-state index in [0.29, 0.717) is 0 Å². The fraction of sp³-hybridized carbons (Fsp3) is 0.333. The van der Waals surface area contributed by atoms with Crippen molar-refractivity contribution < 1.29 is 9.63 Å². The molecule has 1 aliphatic rings. The Bertz CT molecular complexity index is 802. The summed E-state index contributed by atoms with van der Waals surface area (Å²) >= 11 is 0. The minimum Gasteiger partial charge on any atom is -0.398 e. The van der Waals surface area contributed by atoms with Crippen LogP contribution >= 0.6 is 0 Å². The second-order valence-electron chi connectivity index (χ2n) is 6.59. The van der Waals surface area contributed by atoms with Gasteiger partial charge in [0.25, 0.3) is 0 Å². The number of oxime groups is 1. The SMILES string of the molecule is CO/N=C1/CCCCN1c1ccc(C(C(N)=O)c2ccccc2)cc1C. The number of benzene rings is 2. The maximum absolute atomic E-state index is 12.1. The van der Waals surface area contributed by atoms with Crippen LogP contribution in [0.3, 0.4) is 0 Å². The van der Waals surface area contributed by atoms with Crippen molar-refractivity contribution in [2.75, 3.05) is 18.6 Å². The van der Waals surface area contributed by atoms with Crippen molar-refractivity contribution in [3.8, 4) is 0 Å². The molecule has 0 bridgehead atoms. The number of anilines is 1. The van der Waals surface area contributed by atoms with Crippen LogP contribution in [0.15, 0.2) is 53.7 Å². The number of carbonyl (C=O) groups excluding carboxylic acids is 1. The highest BCUT2D eigenvalue weighted by molar-refractivity contribution is 5.98. The smallest absolute Gasteiger partial charge is 0.229 e. The Morgan fingerprint density at radius 1 is 1.15 bits per heavy atom. The molecule has 0 spiro atoms. The van der Waals surface area contributed by atoms with Crippen molar-refractivity contribution in [2.45, 2.75) is 32.1 Å². The van der Waals surface area contributed by atoms with Gasteiger partial charge in [-0.2, -0.15) is 0 Å². The van der Waals surface area contributed by atoms with E-state index in [1.807, 2.05) is 36.4 Å². The van der Waals surface area contributed by atoms with Crippen LogP contribution in [0.4, 0.5) is 5.69 Å². The van der Waals surface area contributed by atoms with E-state index in [2.05, 4.69) is 29.1 Å². The molecule has 0 aliphatic carbocycles. The monoisotopic (exact) mass is 351 g/mol. The summed E-state index contributed by atoms with van der Waals surface area (Å²) in [4.78, 5) is 19.3. The van der Waals surface area contributed by atoms with Gasteiger partial charge < -0.3 is 15.5 Å². The fourth-order valence-electron chi connectivity index (χ4n) is 3.60. The van der Waals surface area contributed by atoms with Crippen LogP contribution in [-0.4, -0.2) is 25.4 Å². The molecule has 2 aromatic carbocycles. The molecule has 5 heteroatoms. The zero-order chi connectivity index (χ0) is 18.5. The Labute approximate surface area is 154 Å². The van der Waals surface area contributed by atoms with E-state index in [9.17, 15) is 4.79 Å². The molecule has 136 valence electrons. The second kappa shape index (κ2) is 8.04. The van der Waals surface area contributed by atoms with Gasteiger partial charge in [-0.1, -0.05) is 47.6 Å². The Kier molecular flexibility index (Phi) is 5.56. The first-order chi connectivity index (χ1) is 12.6. The van der Waals surface area contributed by atoms with E-state index in [-0.39, 0.29) is 5.91 Å². The van der Waals surface area contributed by atoms with Crippen LogP contribution in [0.25, 0.3) is 0 Å². The van der Waals surface area contributed by atoms with E-state index in [1.165, 1.54) is 0 Å². The molecule has 1 amide bonds. The van der Waals surface area contributed by atoms with Gasteiger partial charge in [0.05, 0.1) is 5.92 Å². The Balaban J connectivity index is 1.96. The highest BCUT2D eigenvalue weighted by atomic mass is 16.6. The lowest BCUT2D eigenvalue weighted by Gasteiger charge is -2.31. The van der Waals surface area contributed by atoms with Crippen LogP contribution in [-0.2, 0) is 9.63 Å². The van der Waals surface area contributed by atoms with E-state index in [0.717, 1.165) is 54.0 Å². The molecule has 0 saturated carbocycles. The molecule has 3 rings (SSSR count). The third-order valence-electron chi connectivity index (χ3n) is 4.80. The van der Waals surface area contributed by atoms with Crippen LogP contribution < -0.4 is 10.6 Å². The average molecular weight is 351 g/mol. The number of piperidine rings is 1. The third-order valence-corrected chi connectivity index (χ3v) is 4.80. The van der Waals surface area contributed by atoms with Crippen molar-refractivity contribution in [1.29, 1.82) is 0 Å². The first-order valence-electron chi connectivity index (χ1n) is 8.94. The number of hydrogen-bond donors (Lipinski definition) is 1. The second-order valence-corrected chi connectivity index (χ2v) is 6.59. The Morgan fingerprint density at radius 3 is 2.58 bits per heavy atom.